The summed E-state index contributed by atoms with van der Waals surface area (Å²) < 4.78 is 42.1. The summed E-state index contributed by atoms with van der Waals surface area (Å²) in [5.74, 6) is 0.252. The number of aromatic nitrogens is 6. The zero-order valence-corrected chi connectivity index (χ0v) is 29.1. The SMILES string of the molecule is CC(C)(C)c1ccc(C[N+]2(C)CCc3cc4c(cc3C2)OCO4)cc1.OC(Cn1cncn1)(Cn1cncn1)c1ccc(F)cc1F.[Br-]. The second-order valence-electron chi connectivity index (χ2n) is 13.7. The summed E-state index contributed by atoms with van der Waals surface area (Å²) in [6.07, 6.45) is 6.50. The number of halogens is 3. The van der Waals surface area contributed by atoms with Crippen LogP contribution in [0.3, 0.4) is 0 Å². The minimum Gasteiger partial charge on any atom is -1.00 e. The predicted octanol–water partition coefficient (Wildman–Crippen LogP) is 2.16. The van der Waals surface area contributed by atoms with E-state index in [-0.39, 0.29) is 41.0 Å². The van der Waals surface area contributed by atoms with Gasteiger partial charge in [0.05, 0.1) is 26.7 Å². The molecular weight excluding hydrogens is 684 g/mol. The number of ether oxygens (including phenoxy) is 2. The first-order valence-corrected chi connectivity index (χ1v) is 15.6. The van der Waals surface area contributed by atoms with E-state index in [9.17, 15) is 13.9 Å². The van der Waals surface area contributed by atoms with Gasteiger partial charge in [-0.3, -0.25) is 0 Å². The predicted molar refractivity (Wildman–Crippen MR) is 170 cm³/mol. The third kappa shape index (κ3) is 8.08. The van der Waals surface area contributed by atoms with Gasteiger partial charge in [0.25, 0.3) is 0 Å². The van der Waals surface area contributed by atoms with E-state index in [1.165, 1.54) is 63.0 Å². The van der Waals surface area contributed by atoms with Crippen molar-refractivity contribution in [2.24, 2.45) is 0 Å². The molecule has 1 atom stereocenters. The molecule has 0 saturated carbocycles. The first-order valence-electron chi connectivity index (χ1n) is 15.6. The van der Waals surface area contributed by atoms with E-state index in [0.29, 0.717) is 6.79 Å². The molecule has 0 fully saturated rings. The fraction of sp³-hybridized carbons (Fsp3) is 0.371. The van der Waals surface area contributed by atoms with Crippen molar-refractivity contribution in [3.05, 3.63) is 119 Å². The quantitative estimate of drug-likeness (QED) is 0.257. The molecule has 0 amide bonds. The number of benzene rings is 3. The van der Waals surface area contributed by atoms with Crippen LogP contribution in [0.1, 0.15) is 48.6 Å². The van der Waals surface area contributed by atoms with E-state index >= 15 is 0 Å². The molecule has 0 saturated heterocycles. The Morgan fingerprint density at radius 1 is 0.854 bits per heavy atom. The van der Waals surface area contributed by atoms with Gasteiger partial charge in [0, 0.05) is 29.2 Å². The van der Waals surface area contributed by atoms with Crippen LogP contribution < -0.4 is 26.5 Å². The Balaban J connectivity index is 0.000000186. The van der Waals surface area contributed by atoms with Crippen LogP contribution in [0.25, 0.3) is 0 Å². The Morgan fingerprint density at radius 2 is 1.46 bits per heavy atom. The lowest BCUT2D eigenvalue weighted by molar-refractivity contribution is -0.937. The smallest absolute Gasteiger partial charge is 0.231 e. The molecule has 4 heterocycles. The molecule has 0 bridgehead atoms. The molecule has 2 aliphatic heterocycles. The lowest BCUT2D eigenvalue weighted by Crippen LogP contribution is -3.00. The van der Waals surface area contributed by atoms with E-state index in [1.807, 2.05) is 0 Å². The van der Waals surface area contributed by atoms with Crippen LogP contribution in [0.5, 0.6) is 11.5 Å². The van der Waals surface area contributed by atoms with Crippen molar-refractivity contribution in [2.45, 2.75) is 64.4 Å². The highest BCUT2D eigenvalue weighted by Gasteiger charge is 2.35. The summed E-state index contributed by atoms with van der Waals surface area (Å²) in [4.78, 5) is 7.57. The molecule has 3 aromatic carbocycles. The summed E-state index contributed by atoms with van der Waals surface area (Å²) in [6.45, 7) is 10.3. The van der Waals surface area contributed by atoms with Gasteiger partial charge in [-0.2, -0.15) is 10.2 Å². The van der Waals surface area contributed by atoms with Crippen LogP contribution in [-0.2, 0) is 43.6 Å². The van der Waals surface area contributed by atoms with Gasteiger partial charge in [0.2, 0.25) is 6.79 Å². The van der Waals surface area contributed by atoms with Gasteiger partial charge < -0.3 is 36.0 Å². The third-order valence-electron chi connectivity index (χ3n) is 8.76. The molecule has 0 spiro atoms. The zero-order chi connectivity index (χ0) is 33.2. The van der Waals surface area contributed by atoms with Gasteiger partial charge >= 0.3 is 0 Å². The zero-order valence-electron chi connectivity index (χ0n) is 27.5. The molecule has 0 aliphatic carbocycles. The first kappa shape index (κ1) is 35.1. The second kappa shape index (κ2) is 14.1. The molecule has 2 aromatic heterocycles. The molecule has 13 heteroatoms. The van der Waals surface area contributed by atoms with Crippen molar-refractivity contribution >= 4 is 0 Å². The number of fused-ring (bicyclic) bond motifs is 2. The molecule has 254 valence electrons. The monoisotopic (exact) mass is 723 g/mol. The normalized spacial score (nSPS) is 16.8. The number of nitrogens with zero attached hydrogens (tertiary/aromatic N) is 7. The summed E-state index contributed by atoms with van der Waals surface area (Å²) in [5, 5.41) is 18.8. The van der Waals surface area contributed by atoms with Crippen LogP contribution >= 0.6 is 0 Å². The van der Waals surface area contributed by atoms with Crippen molar-refractivity contribution in [1.82, 2.24) is 29.5 Å². The van der Waals surface area contributed by atoms with Gasteiger partial charge in [-0.25, -0.2) is 28.1 Å². The Bertz CT molecular complexity index is 1780. The highest BCUT2D eigenvalue weighted by Crippen LogP contribution is 2.38. The van der Waals surface area contributed by atoms with E-state index in [1.54, 1.807) is 0 Å². The van der Waals surface area contributed by atoms with Crippen LogP contribution in [0.15, 0.2) is 79.9 Å². The highest BCUT2D eigenvalue weighted by molar-refractivity contribution is 5.49. The molecule has 2 aliphatic rings. The van der Waals surface area contributed by atoms with E-state index in [0.717, 1.165) is 54.2 Å². The van der Waals surface area contributed by atoms with Crippen molar-refractivity contribution < 1.29 is 44.8 Å². The van der Waals surface area contributed by atoms with Gasteiger partial charge in [0.1, 0.15) is 55.6 Å². The lowest BCUT2D eigenvalue weighted by Gasteiger charge is -2.39. The molecule has 10 nitrogen and oxygen atoms in total. The largest absolute Gasteiger partial charge is 1.00 e. The van der Waals surface area contributed by atoms with Crippen LogP contribution in [0, 0.1) is 11.6 Å². The summed E-state index contributed by atoms with van der Waals surface area (Å²) in [7, 11) is 2.37. The van der Waals surface area contributed by atoms with Crippen LogP contribution in [0.4, 0.5) is 8.78 Å². The Morgan fingerprint density at radius 3 is 2.00 bits per heavy atom. The minimum atomic E-state index is -1.70. The van der Waals surface area contributed by atoms with Crippen molar-refractivity contribution in [2.75, 3.05) is 20.4 Å². The average molecular weight is 725 g/mol. The fourth-order valence-corrected chi connectivity index (χ4v) is 6.22. The molecule has 7 rings (SSSR count). The number of hydrogen-bond acceptors (Lipinski definition) is 7. The van der Waals surface area contributed by atoms with Crippen molar-refractivity contribution in [1.29, 1.82) is 0 Å². The standard InChI is InChI=1S/C22H28NO2.C13H12F2N6O.BrH/c1-22(2,3)19-7-5-16(6-8-19)13-23(4)10-9-17-11-20-21(25-15-24-20)12-18(17)14-23;14-10-1-2-11(12(15)3-10)13(22,4-20-8-16-6-18-20)5-21-9-17-7-19-21;/h5-8,11-12H,9-10,13-15H2,1-4H3;1-3,6-9,22H,4-5H2;1H/q+1;;/p-1. The topological polar surface area (TPSA) is 100 Å². The highest BCUT2D eigenvalue weighted by atomic mass is 79.9. The second-order valence-corrected chi connectivity index (χ2v) is 13.7. The van der Waals surface area contributed by atoms with E-state index < -0.39 is 17.2 Å². The van der Waals surface area contributed by atoms with E-state index in [4.69, 9.17) is 9.47 Å². The Hall–Kier alpha value is -4.20. The van der Waals surface area contributed by atoms with Crippen molar-refractivity contribution in [3.63, 3.8) is 0 Å². The molecule has 1 unspecified atom stereocenters. The molecule has 48 heavy (non-hydrogen) atoms. The summed E-state index contributed by atoms with van der Waals surface area (Å²) in [6, 6.07) is 16.6. The van der Waals surface area contributed by atoms with Gasteiger partial charge in [0.15, 0.2) is 11.5 Å². The number of likely N-dealkylation sites (N-methyl/N-ethyl adjacent to an activating group) is 1. The van der Waals surface area contributed by atoms with Crippen LogP contribution in [0.2, 0.25) is 0 Å². The summed E-state index contributed by atoms with van der Waals surface area (Å²) >= 11 is 0. The third-order valence-corrected chi connectivity index (χ3v) is 8.76. The maximum Gasteiger partial charge on any atom is 0.231 e. The maximum atomic E-state index is 14.1. The first-order chi connectivity index (χ1) is 22.4. The van der Waals surface area contributed by atoms with E-state index in [2.05, 4.69) is 84.4 Å². The van der Waals surface area contributed by atoms with Gasteiger partial charge in [-0.1, -0.05) is 51.1 Å². The van der Waals surface area contributed by atoms with Gasteiger partial charge in [-0.05, 0) is 34.7 Å². The van der Waals surface area contributed by atoms with Gasteiger partial charge in [-0.15, -0.1) is 0 Å². The van der Waals surface area contributed by atoms with Crippen molar-refractivity contribution in [3.8, 4) is 11.5 Å². The molecule has 1 N–H and O–H groups in total. The molecule has 0 radical (unpaired) electrons. The lowest BCUT2D eigenvalue weighted by atomic mass is 9.86. The number of aliphatic hydroxyl groups is 1. The average Bonchev–Trinajstić information content (AvgIpc) is 3.80. The molecule has 5 aromatic rings. The summed E-state index contributed by atoms with van der Waals surface area (Å²) in [5.41, 5.74) is 4.10. The Kier molecular flexibility index (Phi) is 10.3. The fourth-order valence-electron chi connectivity index (χ4n) is 6.22. The number of quaternary nitrogens is 1. The Labute approximate surface area is 289 Å². The maximum absolute atomic E-state index is 14.1. The number of rotatable bonds is 7. The number of hydrogen-bond donors (Lipinski definition) is 1. The molecular formula is C35H40BrF2N7O3. The minimum absolute atomic E-state index is 0. The van der Waals surface area contributed by atoms with Crippen LogP contribution in [-0.4, -0.2) is 59.5 Å².